The molecule has 0 radical (unpaired) electrons. The van der Waals surface area contributed by atoms with Gasteiger partial charge in [0.05, 0.1) is 12.2 Å². The zero-order valence-electron chi connectivity index (χ0n) is 17.5. The fraction of sp³-hybridized carbons (Fsp3) is 0.750. The van der Waals surface area contributed by atoms with Gasteiger partial charge in [0.25, 0.3) is 0 Å². The highest BCUT2D eigenvalue weighted by atomic mass is 127. The van der Waals surface area contributed by atoms with Crippen molar-refractivity contribution in [2.45, 2.75) is 76.9 Å². The number of aromatic nitrogens is 2. The molecule has 1 saturated carbocycles. The van der Waals surface area contributed by atoms with E-state index in [9.17, 15) is 4.79 Å². The van der Waals surface area contributed by atoms with Crippen LogP contribution in [0.1, 0.15) is 70.9 Å². The van der Waals surface area contributed by atoms with Crippen LogP contribution in [-0.2, 0) is 11.8 Å². The molecule has 7 nitrogen and oxygen atoms in total. The minimum Gasteiger partial charge on any atom is -0.370 e. The van der Waals surface area contributed by atoms with Crippen molar-refractivity contribution >= 4 is 35.8 Å². The highest BCUT2D eigenvalue weighted by Gasteiger charge is 2.45. The molecule has 2 heterocycles. The zero-order chi connectivity index (χ0) is 19.6. The van der Waals surface area contributed by atoms with Crippen molar-refractivity contribution in [1.82, 2.24) is 20.0 Å². The van der Waals surface area contributed by atoms with E-state index < -0.39 is 0 Å². The smallest absolute Gasteiger partial charge is 0.223 e. The molecular weight excluding hydrogens is 467 g/mol. The van der Waals surface area contributed by atoms with E-state index in [4.69, 9.17) is 5.73 Å². The summed E-state index contributed by atoms with van der Waals surface area (Å²) in [6.45, 7) is 6.79. The number of rotatable bonds is 4. The second-order valence-corrected chi connectivity index (χ2v) is 9.00. The highest BCUT2D eigenvalue weighted by Crippen LogP contribution is 2.42. The van der Waals surface area contributed by atoms with Crippen LogP contribution in [0, 0.1) is 5.92 Å². The van der Waals surface area contributed by atoms with Crippen LogP contribution in [0.3, 0.4) is 0 Å². The topological polar surface area (TPSA) is 88.5 Å². The molecule has 0 spiro atoms. The van der Waals surface area contributed by atoms with Crippen LogP contribution >= 0.6 is 24.0 Å². The van der Waals surface area contributed by atoms with E-state index in [0.29, 0.717) is 25.0 Å². The number of carbonyl (C=O) groups excluding carboxylic acids is 1. The lowest BCUT2D eigenvalue weighted by molar-refractivity contribution is -0.133. The largest absolute Gasteiger partial charge is 0.370 e. The SMILES string of the molecule is Cn1cc([C@H]2[C@H](CN=C(N)NC3CCCCC3)CC(=O)N2C(C)(C)C)cn1.I. The fourth-order valence-electron chi connectivity index (χ4n) is 4.49. The average molecular weight is 502 g/mol. The molecule has 3 rings (SSSR count). The Morgan fingerprint density at radius 3 is 2.57 bits per heavy atom. The molecule has 0 aromatic carbocycles. The van der Waals surface area contributed by atoms with Gasteiger partial charge >= 0.3 is 0 Å². The predicted octanol–water partition coefficient (Wildman–Crippen LogP) is 2.96. The predicted molar refractivity (Wildman–Crippen MR) is 123 cm³/mol. The summed E-state index contributed by atoms with van der Waals surface area (Å²) in [5, 5.41) is 7.68. The van der Waals surface area contributed by atoms with Gasteiger partial charge in [0.15, 0.2) is 5.96 Å². The van der Waals surface area contributed by atoms with Crippen molar-refractivity contribution in [3.63, 3.8) is 0 Å². The lowest BCUT2D eigenvalue weighted by atomic mass is 9.93. The van der Waals surface area contributed by atoms with Gasteiger partial charge in [0.2, 0.25) is 5.91 Å². The third-order valence-corrected chi connectivity index (χ3v) is 5.67. The Kier molecular flexibility index (Phi) is 7.75. The van der Waals surface area contributed by atoms with Crippen LogP contribution < -0.4 is 11.1 Å². The minimum atomic E-state index is -0.248. The molecule has 158 valence electrons. The van der Waals surface area contributed by atoms with Gasteiger partial charge in [0, 0.05) is 49.3 Å². The maximum Gasteiger partial charge on any atom is 0.223 e. The molecular formula is C20H35IN6O. The van der Waals surface area contributed by atoms with Gasteiger partial charge in [-0.2, -0.15) is 5.10 Å². The number of amides is 1. The Labute approximate surface area is 185 Å². The first kappa shape index (κ1) is 23.0. The van der Waals surface area contributed by atoms with Crippen LogP contribution in [0.5, 0.6) is 0 Å². The normalized spacial score (nSPS) is 24.4. The number of halogens is 1. The molecule has 1 aromatic heterocycles. The van der Waals surface area contributed by atoms with Gasteiger partial charge in [-0.25, -0.2) is 0 Å². The fourth-order valence-corrected chi connectivity index (χ4v) is 4.49. The first-order valence-electron chi connectivity index (χ1n) is 10.1. The first-order valence-corrected chi connectivity index (χ1v) is 10.1. The second kappa shape index (κ2) is 9.45. The molecule has 1 aromatic rings. The molecule has 28 heavy (non-hydrogen) atoms. The third-order valence-electron chi connectivity index (χ3n) is 5.67. The van der Waals surface area contributed by atoms with Crippen molar-refractivity contribution in [2.75, 3.05) is 6.54 Å². The molecule has 2 aliphatic rings. The molecule has 2 fully saturated rings. The number of nitrogens with zero attached hydrogens (tertiary/aromatic N) is 4. The average Bonchev–Trinajstić information content (AvgIpc) is 3.16. The van der Waals surface area contributed by atoms with Crippen molar-refractivity contribution in [3.05, 3.63) is 18.0 Å². The van der Waals surface area contributed by atoms with Gasteiger partial charge in [-0.3, -0.25) is 14.5 Å². The molecule has 0 bridgehead atoms. The number of nitrogens with two attached hydrogens (primary N) is 1. The summed E-state index contributed by atoms with van der Waals surface area (Å²) in [4.78, 5) is 19.4. The van der Waals surface area contributed by atoms with Gasteiger partial charge < -0.3 is 16.0 Å². The summed E-state index contributed by atoms with van der Waals surface area (Å²) in [7, 11) is 1.90. The number of aryl methyl sites for hydroxylation is 1. The van der Waals surface area contributed by atoms with E-state index in [0.717, 1.165) is 18.4 Å². The lowest BCUT2D eigenvalue weighted by Crippen LogP contribution is -2.44. The minimum absolute atomic E-state index is 0. The van der Waals surface area contributed by atoms with Crippen molar-refractivity contribution in [1.29, 1.82) is 0 Å². The molecule has 2 atom stereocenters. The lowest BCUT2D eigenvalue weighted by Gasteiger charge is -2.38. The number of hydrogen-bond acceptors (Lipinski definition) is 3. The molecule has 1 aliphatic heterocycles. The number of guanidine groups is 1. The van der Waals surface area contributed by atoms with Crippen molar-refractivity contribution in [3.8, 4) is 0 Å². The summed E-state index contributed by atoms with van der Waals surface area (Å²) in [6.07, 6.45) is 10.5. The second-order valence-electron chi connectivity index (χ2n) is 9.00. The van der Waals surface area contributed by atoms with Crippen LogP contribution in [0.25, 0.3) is 0 Å². The van der Waals surface area contributed by atoms with Gasteiger partial charge in [-0.05, 0) is 33.6 Å². The Bertz CT molecular complexity index is 689. The maximum absolute atomic E-state index is 12.8. The van der Waals surface area contributed by atoms with Gasteiger partial charge in [-0.15, -0.1) is 24.0 Å². The van der Waals surface area contributed by atoms with Crippen molar-refractivity contribution < 1.29 is 4.79 Å². The summed E-state index contributed by atoms with van der Waals surface area (Å²) in [5.41, 5.74) is 6.97. The summed E-state index contributed by atoms with van der Waals surface area (Å²) in [5.74, 6) is 0.788. The number of likely N-dealkylation sites (tertiary alicyclic amines) is 1. The van der Waals surface area contributed by atoms with Crippen LogP contribution in [0.15, 0.2) is 17.4 Å². The highest BCUT2D eigenvalue weighted by molar-refractivity contribution is 14.0. The van der Waals surface area contributed by atoms with Crippen LogP contribution in [0.2, 0.25) is 0 Å². The quantitative estimate of drug-likeness (QED) is 0.377. The van der Waals surface area contributed by atoms with Crippen molar-refractivity contribution in [2.24, 2.45) is 23.7 Å². The zero-order valence-corrected chi connectivity index (χ0v) is 19.8. The standard InChI is InChI=1S/C20H34N6O.HI/c1-20(2,3)26-17(27)10-14(18(26)15-12-23-25(4)13-15)11-22-19(21)24-16-8-6-5-7-9-16;/h12-14,16,18H,5-11H2,1-4H3,(H3,21,22,24);1H/t14-,18+;/m0./s1. The number of hydrogen-bond donors (Lipinski definition) is 2. The number of carbonyl (C=O) groups is 1. The Morgan fingerprint density at radius 2 is 2.00 bits per heavy atom. The first-order chi connectivity index (χ1) is 12.8. The summed E-state index contributed by atoms with van der Waals surface area (Å²) in [6, 6.07) is 0.422. The molecule has 1 amide bonds. The van der Waals surface area contributed by atoms with Crippen LogP contribution in [-0.4, -0.2) is 44.7 Å². The van der Waals surface area contributed by atoms with E-state index in [1.54, 1.807) is 4.68 Å². The van der Waals surface area contributed by atoms with E-state index in [-0.39, 0.29) is 47.4 Å². The Balaban J connectivity index is 0.00000280. The summed E-state index contributed by atoms with van der Waals surface area (Å²) >= 11 is 0. The maximum atomic E-state index is 12.8. The monoisotopic (exact) mass is 502 g/mol. The number of aliphatic imine (C=N–C) groups is 1. The van der Waals surface area contributed by atoms with E-state index >= 15 is 0 Å². The summed E-state index contributed by atoms with van der Waals surface area (Å²) < 4.78 is 1.79. The van der Waals surface area contributed by atoms with Gasteiger partial charge in [-0.1, -0.05) is 19.3 Å². The number of nitrogens with one attached hydrogen (secondary N) is 1. The molecule has 3 N–H and O–H groups in total. The van der Waals surface area contributed by atoms with Gasteiger partial charge in [0.1, 0.15) is 0 Å². The van der Waals surface area contributed by atoms with E-state index in [2.05, 4.69) is 36.2 Å². The Hall–Kier alpha value is -1.32. The Morgan fingerprint density at radius 1 is 1.32 bits per heavy atom. The van der Waals surface area contributed by atoms with Crippen LogP contribution in [0.4, 0.5) is 0 Å². The molecule has 0 unspecified atom stereocenters. The molecule has 1 aliphatic carbocycles. The molecule has 8 heteroatoms. The third kappa shape index (κ3) is 5.39. The van der Waals surface area contributed by atoms with E-state index in [1.807, 2.05) is 24.3 Å². The van der Waals surface area contributed by atoms with E-state index in [1.165, 1.54) is 19.3 Å². The molecule has 1 saturated heterocycles.